The third-order valence-electron chi connectivity index (χ3n) is 6.06. The summed E-state index contributed by atoms with van der Waals surface area (Å²) in [4.78, 5) is 8.00. The molecule has 32 heavy (non-hydrogen) atoms. The van der Waals surface area contributed by atoms with Gasteiger partial charge < -0.3 is 24.3 Å². The van der Waals surface area contributed by atoms with Gasteiger partial charge in [-0.05, 0) is 17.2 Å². The summed E-state index contributed by atoms with van der Waals surface area (Å²) in [5.74, 6) is 0.569. The van der Waals surface area contributed by atoms with Gasteiger partial charge in [0.1, 0.15) is 18.3 Å². The molecule has 2 aliphatic rings. The normalized spacial score (nSPS) is 24.7. The van der Waals surface area contributed by atoms with E-state index >= 15 is 0 Å². The summed E-state index contributed by atoms with van der Waals surface area (Å²) in [7, 11) is 0. The number of benzene rings is 2. The van der Waals surface area contributed by atoms with Crippen molar-refractivity contribution in [3.8, 4) is 28.3 Å². The van der Waals surface area contributed by atoms with Crippen molar-refractivity contribution in [3.05, 3.63) is 71.8 Å². The summed E-state index contributed by atoms with van der Waals surface area (Å²) >= 11 is 6.57. The lowest BCUT2D eigenvalue weighted by Crippen LogP contribution is -2.34. The molecule has 0 spiro atoms. The van der Waals surface area contributed by atoms with Crippen LogP contribution in [0.25, 0.3) is 33.4 Å². The maximum Gasteiger partial charge on any atom is 0.193 e. The number of rotatable bonds is 4. The van der Waals surface area contributed by atoms with Gasteiger partial charge in [-0.15, -0.1) is 0 Å². The molecule has 0 amide bonds. The molecule has 6 nitrogen and oxygen atoms in total. The van der Waals surface area contributed by atoms with Crippen LogP contribution in [0.4, 0.5) is 0 Å². The van der Waals surface area contributed by atoms with Crippen LogP contribution in [0.15, 0.2) is 66.7 Å². The van der Waals surface area contributed by atoms with Gasteiger partial charge in [-0.2, -0.15) is 0 Å². The first kappa shape index (κ1) is 19.8. The largest absolute Gasteiger partial charge is 0.470 e. The highest BCUT2D eigenvalue weighted by Gasteiger charge is 2.48. The van der Waals surface area contributed by atoms with E-state index < -0.39 is 6.10 Å². The fourth-order valence-electron chi connectivity index (χ4n) is 4.43. The minimum absolute atomic E-state index is 0.269. The average Bonchev–Trinajstić information content (AvgIpc) is 3.51. The number of hydrogen-bond acceptors (Lipinski definition) is 5. The summed E-state index contributed by atoms with van der Waals surface area (Å²) in [6, 6.07) is 22.2. The number of nitrogens with one attached hydrogen (secondary N) is 1. The van der Waals surface area contributed by atoms with Crippen molar-refractivity contribution in [2.24, 2.45) is 0 Å². The Labute approximate surface area is 189 Å². The fraction of sp³-hybridized carbons (Fsp3) is 0.240. The molecule has 0 saturated carbocycles. The van der Waals surface area contributed by atoms with Gasteiger partial charge in [0.25, 0.3) is 0 Å². The molecule has 2 aliphatic heterocycles. The van der Waals surface area contributed by atoms with E-state index in [1.54, 1.807) is 0 Å². The molecule has 6 rings (SSSR count). The first-order valence-electron chi connectivity index (χ1n) is 10.6. The van der Waals surface area contributed by atoms with E-state index in [1.807, 2.05) is 42.5 Å². The van der Waals surface area contributed by atoms with Crippen molar-refractivity contribution in [2.75, 3.05) is 13.2 Å². The molecule has 2 N–H and O–H groups in total. The van der Waals surface area contributed by atoms with Crippen molar-refractivity contribution in [2.45, 2.75) is 24.4 Å². The molecule has 4 atom stereocenters. The molecule has 2 aromatic heterocycles. The van der Waals surface area contributed by atoms with E-state index in [0.717, 1.165) is 33.4 Å². The highest BCUT2D eigenvalue weighted by atomic mass is 35.5. The number of aliphatic hydroxyl groups excluding tert-OH is 1. The standard InChI is InChI=1S/C25H21ClN2O4/c26-17-10-18-19(11-22(27-18)32-21-13-31-24-20(29)12-30-25(21)24)28-23(17)16-8-6-15(7-9-16)14-4-2-1-3-5-14/h1-11,20-21,24-25,27,29H,12-13H2/t20-,21+,24-,25-/m1/s1. The Kier molecular flexibility index (Phi) is 4.88. The van der Waals surface area contributed by atoms with Gasteiger partial charge in [-0.1, -0.05) is 66.2 Å². The van der Waals surface area contributed by atoms with E-state index in [1.165, 1.54) is 0 Å². The van der Waals surface area contributed by atoms with Crippen molar-refractivity contribution >= 4 is 22.6 Å². The quantitative estimate of drug-likeness (QED) is 0.482. The number of fused-ring (bicyclic) bond motifs is 2. The molecule has 2 aromatic carbocycles. The topological polar surface area (TPSA) is 76.6 Å². The number of aromatic amines is 1. The third-order valence-corrected chi connectivity index (χ3v) is 6.34. The minimum atomic E-state index is -0.604. The van der Waals surface area contributed by atoms with E-state index in [2.05, 4.69) is 29.2 Å². The summed E-state index contributed by atoms with van der Waals surface area (Å²) in [5, 5.41) is 10.5. The van der Waals surface area contributed by atoms with Crippen LogP contribution in [0.3, 0.4) is 0 Å². The number of nitrogens with zero attached hydrogens (tertiary/aromatic N) is 1. The van der Waals surface area contributed by atoms with Gasteiger partial charge in [0.2, 0.25) is 0 Å². The average molecular weight is 449 g/mol. The number of H-pyrrole nitrogens is 1. The highest BCUT2D eigenvalue weighted by Crippen LogP contribution is 2.34. The lowest BCUT2D eigenvalue weighted by Gasteiger charge is -2.16. The van der Waals surface area contributed by atoms with E-state index in [4.69, 9.17) is 30.8 Å². The summed E-state index contributed by atoms with van der Waals surface area (Å²) in [6.07, 6.45) is -1.49. The Bertz CT molecular complexity index is 1260. The zero-order chi connectivity index (χ0) is 21.7. The zero-order valence-electron chi connectivity index (χ0n) is 17.1. The summed E-state index contributed by atoms with van der Waals surface area (Å²) in [5.41, 5.74) is 5.52. The molecular weight excluding hydrogens is 428 g/mol. The highest BCUT2D eigenvalue weighted by molar-refractivity contribution is 6.33. The van der Waals surface area contributed by atoms with Crippen LogP contribution in [-0.4, -0.2) is 52.7 Å². The molecule has 0 radical (unpaired) electrons. The Balaban J connectivity index is 1.26. The molecule has 0 bridgehead atoms. The monoisotopic (exact) mass is 448 g/mol. The van der Waals surface area contributed by atoms with Crippen LogP contribution in [0.1, 0.15) is 0 Å². The Morgan fingerprint density at radius 2 is 1.62 bits per heavy atom. The molecule has 0 unspecified atom stereocenters. The zero-order valence-corrected chi connectivity index (χ0v) is 17.8. The Morgan fingerprint density at radius 1 is 0.906 bits per heavy atom. The predicted molar refractivity (Wildman–Crippen MR) is 122 cm³/mol. The van der Waals surface area contributed by atoms with E-state index in [0.29, 0.717) is 17.5 Å². The molecule has 7 heteroatoms. The second-order valence-corrected chi connectivity index (χ2v) is 8.56. The van der Waals surface area contributed by atoms with Crippen molar-refractivity contribution < 1.29 is 19.3 Å². The molecule has 162 valence electrons. The molecule has 0 aliphatic carbocycles. The second-order valence-electron chi connectivity index (χ2n) is 8.15. The van der Waals surface area contributed by atoms with Gasteiger partial charge >= 0.3 is 0 Å². The predicted octanol–water partition coefficient (Wildman–Crippen LogP) is 4.46. The molecule has 4 heterocycles. The Hall–Kier alpha value is -2.90. The van der Waals surface area contributed by atoms with Crippen LogP contribution in [0.5, 0.6) is 5.88 Å². The summed E-state index contributed by atoms with van der Waals surface area (Å²) in [6.45, 7) is 0.639. The number of aliphatic hydroxyl groups is 1. The van der Waals surface area contributed by atoms with Gasteiger partial charge in [-0.25, -0.2) is 4.98 Å². The molecular formula is C25H21ClN2O4. The lowest BCUT2D eigenvalue weighted by atomic mass is 10.0. The van der Waals surface area contributed by atoms with Crippen LogP contribution >= 0.6 is 11.6 Å². The van der Waals surface area contributed by atoms with Crippen molar-refractivity contribution in [1.29, 1.82) is 0 Å². The SMILES string of the molecule is O[C@@H]1CO[C@H]2[C@@H]1OC[C@@H]2Oc1cc2nc(-c3ccc(-c4ccccc4)cc3)c(Cl)cc2[nH]1. The first-order valence-corrected chi connectivity index (χ1v) is 11.0. The van der Waals surface area contributed by atoms with Crippen LogP contribution in [0.2, 0.25) is 5.02 Å². The van der Waals surface area contributed by atoms with Crippen molar-refractivity contribution in [3.63, 3.8) is 0 Å². The number of halogens is 1. The lowest BCUT2D eigenvalue weighted by molar-refractivity contribution is 0.00794. The van der Waals surface area contributed by atoms with Gasteiger partial charge in [0, 0.05) is 11.6 Å². The third kappa shape index (κ3) is 3.45. The number of hydrogen-bond donors (Lipinski definition) is 2. The Morgan fingerprint density at radius 3 is 2.44 bits per heavy atom. The first-order chi connectivity index (χ1) is 15.7. The number of aromatic nitrogens is 2. The van der Waals surface area contributed by atoms with Crippen LogP contribution < -0.4 is 4.74 Å². The van der Waals surface area contributed by atoms with Crippen LogP contribution in [0, 0.1) is 0 Å². The minimum Gasteiger partial charge on any atom is -0.470 e. The maximum absolute atomic E-state index is 9.91. The molecule has 2 fully saturated rings. The second kappa shape index (κ2) is 7.90. The molecule has 2 saturated heterocycles. The van der Waals surface area contributed by atoms with Gasteiger partial charge in [0.15, 0.2) is 12.0 Å². The fourth-order valence-corrected chi connectivity index (χ4v) is 4.69. The smallest absolute Gasteiger partial charge is 0.193 e. The van der Waals surface area contributed by atoms with Gasteiger partial charge in [-0.3, -0.25) is 0 Å². The van der Waals surface area contributed by atoms with Crippen molar-refractivity contribution in [1.82, 2.24) is 9.97 Å². The number of ether oxygens (including phenoxy) is 3. The molecule has 4 aromatic rings. The number of pyridine rings is 1. The maximum atomic E-state index is 9.91. The van der Waals surface area contributed by atoms with Gasteiger partial charge in [0.05, 0.1) is 35.0 Å². The van der Waals surface area contributed by atoms with E-state index in [9.17, 15) is 5.11 Å². The summed E-state index contributed by atoms with van der Waals surface area (Å²) < 4.78 is 17.3. The van der Waals surface area contributed by atoms with Crippen LogP contribution in [-0.2, 0) is 9.47 Å². The van der Waals surface area contributed by atoms with E-state index in [-0.39, 0.29) is 24.9 Å².